The van der Waals surface area contributed by atoms with Gasteiger partial charge in [-0.3, -0.25) is 0 Å². The molecule has 1 aromatic carbocycles. The molecule has 0 aliphatic rings. The fraction of sp³-hybridized carbons (Fsp3) is 0.500. The Bertz CT molecular complexity index is 337. The van der Waals surface area contributed by atoms with E-state index >= 15 is 0 Å². The van der Waals surface area contributed by atoms with Crippen molar-refractivity contribution in [3.05, 3.63) is 23.3 Å². The van der Waals surface area contributed by atoms with Crippen molar-refractivity contribution < 1.29 is 9.47 Å². The normalized spacial score (nSPS) is 12.3. The van der Waals surface area contributed by atoms with Crippen molar-refractivity contribution in [2.24, 2.45) is 5.73 Å². The lowest BCUT2D eigenvalue weighted by Crippen LogP contribution is -2.10. The van der Waals surface area contributed by atoms with Gasteiger partial charge < -0.3 is 15.2 Å². The number of rotatable bonds is 4. The first-order chi connectivity index (χ1) is 7.13. The summed E-state index contributed by atoms with van der Waals surface area (Å²) in [7, 11) is 3.27. The van der Waals surface area contributed by atoms with E-state index < -0.39 is 0 Å². The molecule has 0 aliphatic heterocycles. The molecule has 0 saturated carbocycles. The van der Waals surface area contributed by atoms with E-state index in [0.717, 1.165) is 29.0 Å². The van der Waals surface area contributed by atoms with Gasteiger partial charge in [-0.1, -0.05) is 6.92 Å². The highest BCUT2D eigenvalue weighted by Gasteiger charge is 2.12. The monoisotopic (exact) mass is 209 g/mol. The summed E-state index contributed by atoms with van der Waals surface area (Å²) in [5, 5.41) is 0. The Morgan fingerprint density at radius 1 is 1.20 bits per heavy atom. The first-order valence-electron chi connectivity index (χ1n) is 5.12. The van der Waals surface area contributed by atoms with E-state index in [2.05, 4.69) is 6.92 Å². The molecule has 0 radical (unpaired) electrons. The molecule has 0 aromatic heterocycles. The lowest BCUT2D eigenvalue weighted by atomic mass is 9.99. The zero-order valence-corrected chi connectivity index (χ0v) is 9.83. The summed E-state index contributed by atoms with van der Waals surface area (Å²) in [6, 6.07) is 3.98. The second-order valence-corrected chi connectivity index (χ2v) is 3.58. The second-order valence-electron chi connectivity index (χ2n) is 3.58. The van der Waals surface area contributed by atoms with Gasteiger partial charge in [-0.05, 0) is 36.6 Å². The number of aryl methyl sites for hydroxylation is 1. The molecule has 0 spiro atoms. The molecule has 1 aromatic rings. The molecule has 0 aliphatic carbocycles. The molecule has 0 unspecified atom stereocenters. The van der Waals surface area contributed by atoms with Crippen molar-refractivity contribution in [1.29, 1.82) is 0 Å². The highest BCUT2D eigenvalue weighted by atomic mass is 16.5. The summed E-state index contributed by atoms with van der Waals surface area (Å²) in [4.78, 5) is 0. The molecule has 84 valence electrons. The molecular formula is C12H19NO2. The lowest BCUT2D eigenvalue weighted by molar-refractivity contribution is 0.354. The zero-order valence-electron chi connectivity index (χ0n) is 9.83. The molecule has 1 atom stereocenters. The minimum atomic E-state index is 0.0600. The predicted octanol–water partition coefficient (Wildman–Crippen LogP) is 2.42. The van der Waals surface area contributed by atoms with Gasteiger partial charge in [-0.25, -0.2) is 0 Å². The quantitative estimate of drug-likeness (QED) is 0.828. The van der Waals surface area contributed by atoms with E-state index in [4.69, 9.17) is 15.2 Å². The van der Waals surface area contributed by atoms with Crippen LogP contribution in [0.3, 0.4) is 0 Å². The van der Waals surface area contributed by atoms with E-state index in [1.807, 2.05) is 19.1 Å². The van der Waals surface area contributed by atoms with Crippen LogP contribution >= 0.6 is 0 Å². The van der Waals surface area contributed by atoms with Crippen molar-refractivity contribution in [2.75, 3.05) is 14.2 Å². The van der Waals surface area contributed by atoms with Gasteiger partial charge in [0.2, 0.25) is 0 Å². The highest BCUT2D eigenvalue weighted by molar-refractivity contribution is 5.47. The lowest BCUT2D eigenvalue weighted by Gasteiger charge is -2.16. The first-order valence-corrected chi connectivity index (χ1v) is 5.12. The maximum atomic E-state index is 6.01. The Balaban J connectivity index is 3.19. The number of hydrogen-bond acceptors (Lipinski definition) is 3. The number of ether oxygens (including phenoxy) is 2. The smallest absolute Gasteiger partial charge is 0.161 e. The van der Waals surface area contributed by atoms with E-state index in [9.17, 15) is 0 Å². The molecule has 3 nitrogen and oxygen atoms in total. The Morgan fingerprint density at radius 3 is 2.20 bits per heavy atom. The van der Waals surface area contributed by atoms with Crippen LogP contribution in [0.25, 0.3) is 0 Å². The molecule has 0 amide bonds. The minimum Gasteiger partial charge on any atom is -0.493 e. The third-order valence-electron chi connectivity index (χ3n) is 2.61. The first kappa shape index (κ1) is 11.9. The second kappa shape index (κ2) is 5.03. The topological polar surface area (TPSA) is 44.5 Å². The predicted molar refractivity (Wildman–Crippen MR) is 61.5 cm³/mol. The van der Waals surface area contributed by atoms with Crippen molar-refractivity contribution >= 4 is 0 Å². The molecule has 15 heavy (non-hydrogen) atoms. The van der Waals surface area contributed by atoms with E-state index in [1.165, 1.54) is 0 Å². The molecule has 3 heteroatoms. The largest absolute Gasteiger partial charge is 0.493 e. The van der Waals surface area contributed by atoms with E-state index in [-0.39, 0.29) is 6.04 Å². The van der Waals surface area contributed by atoms with Gasteiger partial charge >= 0.3 is 0 Å². The van der Waals surface area contributed by atoms with Gasteiger partial charge in [0.05, 0.1) is 14.2 Å². The van der Waals surface area contributed by atoms with Crippen molar-refractivity contribution in [2.45, 2.75) is 26.3 Å². The summed E-state index contributed by atoms with van der Waals surface area (Å²) in [5.41, 5.74) is 8.28. The molecule has 0 saturated heterocycles. The van der Waals surface area contributed by atoms with Crippen molar-refractivity contribution in [3.63, 3.8) is 0 Å². The summed E-state index contributed by atoms with van der Waals surface area (Å²) >= 11 is 0. The average molecular weight is 209 g/mol. The van der Waals surface area contributed by atoms with Gasteiger partial charge in [0.1, 0.15) is 0 Å². The van der Waals surface area contributed by atoms with Crippen LogP contribution in [0.1, 0.15) is 30.5 Å². The van der Waals surface area contributed by atoms with Crippen LogP contribution < -0.4 is 15.2 Å². The molecule has 1 rings (SSSR count). The Hall–Kier alpha value is -1.22. The number of hydrogen-bond donors (Lipinski definition) is 1. The van der Waals surface area contributed by atoms with E-state index in [0.29, 0.717) is 0 Å². The SMILES string of the molecule is CC[C@H](N)c1cc(OC)c(OC)cc1C. The third kappa shape index (κ3) is 2.42. The Kier molecular flexibility index (Phi) is 3.97. The summed E-state index contributed by atoms with van der Waals surface area (Å²) in [6.07, 6.45) is 0.913. The van der Waals surface area contributed by atoms with E-state index in [1.54, 1.807) is 14.2 Å². The molecular weight excluding hydrogens is 190 g/mol. The molecule has 2 N–H and O–H groups in total. The van der Waals surface area contributed by atoms with Gasteiger partial charge in [-0.2, -0.15) is 0 Å². The molecule has 0 fully saturated rings. The van der Waals surface area contributed by atoms with Crippen LogP contribution in [0.15, 0.2) is 12.1 Å². The fourth-order valence-electron chi connectivity index (χ4n) is 1.62. The maximum Gasteiger partial charge on any atom is 0.161 e. The minimum absolute atomic E-state index is 0.0600. The number of benzene rings is 1. The van der Waals surface area contributed by atoms with Crippen molar-refractivity contribution in [1.82, 2.24) is 0 Å². The summed E-state index contributed by atoms with van der Waals surface area (Å²) < 4.78 is 10.5. The maximum absolute atomic E-state index is 6.01. The van der Waals surface area contributed by atoms with Gasteiger partial charge in [0.15, 0.2) is 11.5 Å². The highest BCUT2D eigenvalue weighted by Crippen LogP contribution is 2.32. The standard InChI is InChI=1S/C12H19NO2/c1-5-10(13)9-7-12(15-4)11(14-3)6-8(9)2/h6-7,10H,5,13H2,1-4H3/t10-/m0/s1. The average Bonchev–Trinajstić information content (AvgIpc) is 2.27. The van der Waals surface area contributed by atoms with Gasteiger partial charge in [-0.15, -0.1) is 0 Å². The zero-order chi connectivity index (χ0) is 11.4. The Morgan fingerprint density at radius 2 is 1.73 bits per heavy atom. The fourth-order valence-corrected chi connectivity index (χ4v) is 1.62. The van der Waals surface area contributed by atoms with Crippen molar-refractivity contribution in [3.8, 4) is 11.5 Å². The summed E-state index contributed by atoms with van der Waals surface area (Å²) in [5.74, 6) is 1.49. The van der Waals surface area contributed by atoms with Crippen LogP contribution in [0.4, 0.5) is 0 Å². The van der Waals surface area contributed by atoms with Crippen LogP contribution in [0.5, 0.6) is 11.5 Å². The Labute approximate surface area is 91.2 Å². The van der Waals surface area contributed by atoms with Crippen LogP contribution in [0.2, 0.25) is 0 Å². The van der Waals surface area contributed by atoms with Crippen LogP contribution in [-0.4, -0.2) is 14.2 Å². The van der Waals surface area contributed by atoms with Gasteiger partial charge in [0, 0.05) is 6.04 Å². The van der Waals surface area contributed by atoms with Crippen LogP contribution in [0, 0.1) is 6.92 Å². The van der Waals surface area contributed by atoms with Gasteiger partial charge in [0.25, 0.3) is 0 Å². The third-order valence-corrected chi connectivity index (χ3v) is 2.61. The number of nitrogens with two attached hydrogens (primary N) is 1. The van der Waals surface area contributed by atoms with Crippen LogP contribution in [-0.2, 0) is 0 Å². The molecule has 0 bridgehead atoms. The summed E-state index contributed by atoms with van der Waals surface area (Å²) in [6.45, 7) is 4.10. The number of methoxy groups -OCH3 is 2. The molecule has 0 heterocycles.